The number of nitrogens with zero attached hydrogens (tertiary/aromatic N) is 2. The van der Waals surface area contributed by atoms with Crippen LogP contribution in [0.25, 0.3) is 16.8 Å². The second-order valence-corrected chi connectivity index (χ2v) is 6.18. The highest BCUT2D eigenvalue weighted by Gasteiger charge is 2.06. The van der Waals surface area contributed by atoms with Crippen LogP contribution in [0, 0.1) is 6.92 Å². The number of pyridine rings is 1. The maximum Gasteiger partial charge on any atom is 0.244 e. The molecular formula is C19H17N3OS. The smallest absolute Gasteiger partial charge is 0.244 e. The lowest BCUT2D eigenvalue weighted by atomic mass is 10.1. The molecule has 0 aliphatic carbocycles. The van der Waals surface area contributed by atoms with Crippen molar-refractivity contribution in [1.29, 1.82) is 0 Å². The normalized spacial score (nSPS) is 10.9. The average molecular weight is 335 g/mol. The molecule has 0 fully saturated rings. The van der Waals surface area contributed by atoms with Gasteiger partial charge in [-0.1, -0.05) is 35.9 Å². The fraction of sp³-hybridized carbons (Fsp3) is 0.105. The SMILES string of the molecule is Cc1ccc(/C=C/C(=O)NCc2csc(-c3ccccn3)n2)cc1. The number of carbonyl (C=O) groups excluding carboxylic acids is 1. The van der Waals surface area contributed by atoms with E-state index < -0.39 is 0 Å². The molecule has 4 nitrogen and oxygen atoms in total. The molecule has 0 unspecified atom stereocenters. The van der Waals surface area contributed by atoms with Crippen molar-refractivity contribution in [3.8, 4) is 10.7 Å². The fourth-order valence-electron chi connectivity index (χ4n) is 2.08. The zero-order chi connectivity index (χ0) is 16.8. The number of thiazole rings is 1. The van der Waals surface area contributed by atoms with Crippen LogP contribution in [0.4, 0.5) is 0 Å². The van der Waals surface area contributed by atoms with E-state index in [2.05, 4.69) is 15.3 Å². The molecule has 1 N–H and O–H groups in total. The number of hydrogen-bond donors (Lipinski definition) is 1. The molecule has 0 bridgehead atoms. The summed E-state index contributed by atoms with van der Waals surface area (Å²) in [4.78, 5) is 20.7. The van der Waals surface area contributed by atoms with E-state index >= 15 is 0 Å². The van der Waals surface area contributed by atoms with Gasteiger partial charge in [-0.3, -0.25) is 9.78 Å². The number of carbonyl (C=O) groups is 1. The molecule has 0 saturated carbocycles. The van der Waals surface area contributed by atoms with Gasteiger partial charge in [-0.15, -0.1) is 11.3 Å². The van der Waals surface area contributed by atoms with Crippen molar-refractivity contribution in [1.82, 2.24) is 15.3 Å². The largest absolute Gasteiger partial charge is 0.347 e. The van der Waals surface area contributed by atoms with E-state index in [0.29, 0.717) is 6.54 Å². The van der Waals surface area contributed by atoms with Gasteiger partial charge in [0.1, 0.15) is 5.01 Å². The predicted octanol–water partition coefficient (Wildman–Crippen LogP) is 3.84. The number of hydrogen-bond acceptors (Lipinski definition) is 4. The molecule has 0 saturated heterocycles. The van der Waals surface area contributed by atoms with Crippen molar-refractivity contribution in [2.45, 2.75) is 13.5 Å². The second kappa shape index (κ2) is 7.66. The van der Waals surface area contributed by atoms with Gasteiger partial charge in [0.2, 0.25) is 5.91 Å². The molecule has 0 aliphatic rings. The van der Waals surface area contributed by atoms with Crippen LogP contribution in [-0.2, 0) is 11.3 Å². The molecule has 2 aromatic heterocycles. The minimum Gasteiger partial charge on any atom is -0.347 e. The summed E-state index contributed by atoms with van der Waals surface area (Å²) in [7, 11) is 0. The zero-order valence-electron chi connectivity index (χ0n) is 13.3. The van der Waals surface area contributed by atoms with Gasteiger partial charge in [-0.2, -0.15) is 0 Å². The minimum atomic E-state index is -0.136. The number of rotatable bonds is 5. The molecule has 1 aromatic carbocycles. The maximum atomic E-state index is 11.9. The number of aromatic nitrogens is 2. The van der Waals surface area contributed by atoms with Gasteiger partial charge in [0.05, 0.1) is 17.9 Å². The third-order valence-corrected chi connectivity index (χ3v) is 4.30. The van der Waals surface area contributed by atoms with E-state index in [-0.39, 0.29) is 5.91 Å². The molecule has 3 aromatic rings. The van der Waals surface area contributed by atoms with Crippen LogP contribution in [0.1, 0.15) is 16.8 Å². The van der Waals surface area contributed by atoms with Gasteiger partial charge in [-0.25, -0.2) is 4.98 Å². The summed E-state index contributed by atoms with van der Waals surface area (Å²) in [6.07, 6.45) is 5.08. The first-order valence-electron chi connectivity index (χ1n) is 7.59. The van der Waals surface area contributed by atoms with Crippen LogP contribution in [-0.4, -0.2) is 15.9 Å². The number of amides is 1. The van der Waals surface area contributed by atoms with E-state index in [1.54, 1.807) is 12.3 Å². The summed E-state index contributed by atoms with van der Waals surface area (Å²) >= 11 is 1.52. The Kier molecular flexibility index (Phi) is 5.13. The molecule has 0 spiro atoms. The van der Waals surface area contributed by atoms with Crippen LogP contribution in [0.15, 0.2) is 60.1 Å². The first-order valence-corrected chi connectivity index (χ1v) is 8.47. The molecular weight excluding hydrogens is 318 g/mol. The van der Waals surface area contributed by atoms with Gasteiger partial charge in [0.25, 0.3) is 0 Å². The van der Waals surface area contributed by atoms with Crippen LogP contribution in [0.3, 0.4) is 0 Å². The van der Waals surface area contributed by atoms with E-state index in [1.165, 1.54) is 23.0 Å². The van der Waals surface area contributed by atoms with Crippen molar-refractivity contribution in [2.75, 3.05) is 0 Å². The van der Waals surface area contributed by atoms with Crippen molar-refractivity contribution in [3.05, 3.63) is 76.9 Å². The Labute approximate surface area is 144 Å². The lowest BCUT2D eigenvalue weighted by molar-refractivity contribution is -0.116. The summed E-state index contributed by atoms with van der Waals surface area (Å²) < 4.78 is 0. The van der Waals surface area contributed by atoms with Gasteiger partial charge in [0, 0.05) is 17.7 Å². The topological polar surface area (TPSA) is 54.9 Å². The Morgan fingerprint density at radius 2 is 2.04 bits per heavy atom. The summed E-state index contributed by atoms with van der Waals surface area (Å²) in [5.41, 5.74) is 3.88. The predicted molar refractivity (Wildman–Crippen MR) is 97.4 cm³/mol. The van der Waals surface area contributed by atoms with Crippen molar-refractivity contribution in [3.63, 3.8) is 0 Å². The van der Waals surface area contributed by atoms with Gasteiger partial charge in [-0.05, 0) is 30.7 Å². The highest BCUT2D eigenvalue weighted by Crippen LogP contribution is 2.21. The standard InChI is InChI=1S/C19H17N3OS/c1-14-5-7-15(8-6-14)9-10-18(23)21-12-16-13-24-19(22-16)17-4-2-3-11-20-17/h2-11,13H,12H2,1H3,(H,21,23)/b10-9+. The summed E-state index contributed by atoms with van der Waals surface area (Å²) in [6, 6.07) is 13.7. The van der Waals surface area contributed by atoms with Crippen LogP contribution in [0.2, 0.25) is 0 Å². The monoisotopic (exact) mass is 335 g/mol. The highest BCUT2D eigenvalue weighted by molar-refractivity contribution is 7.13. The lowest BCUT2D eigenvalue weighted by Gasteiger charge is -1.99. The summed E-state index contributed by atoms with van der Waals surface area (Å²) in [5.74, 6) is -0.136. The Hall–Kier alpha value is -2.79. The maximum absolute atomic E-state index is 11.9. The number of nitrogens with one attached hydrogen (secondary N) is 1. The quantitative estimate of drug-likeness (QED) is 0.721. The van der Waals surface area contributed by atoms with E-state index in [4.69, 9.17) is 0 Å². The molecule has 120 valence electrons. The molecule has 3 rings (SSSR count). The molecule has 0 radical (unpaired) electrons. The molecule has 1 amide bonds. The van der Waals surface area contributed by atoms with E-state index in [9.17, 15) is 4.79 Å². The van der Waals surface area contributed by atoms with Crippen molar-refractivity contribution in [2.24, 2.45) is 0 Å². The van der Waals surface area contributed by atoms with Crippen LogP contribution in [0.5, 0.6) is 0 Å². The van der Waals surface area contributed by atoms with Gasteiger partial charge < -0.3 is 5.32 Å². The molecule has 5 heteroatoms. The minimum absolute atomic E-state index is 0.136. The van der Waals surface area contributed by atoms with Crippen molar-refractivity contribution < 1.29 is 4.79 Å². The molecule has 24 heavy (non-hydrogen) atoms. The molecule has 0 aliphatic heterocycles. The summed E-state index contributed by atoms with van der Waals surface area (Å²) in [5, 5.41) is 5.64. The van der Waals surface area contributed by atoms with E-state index in [0.717, 1.165) is 22.0 Å². The first-order chi connectivity index (χ1) is 11.7. The first kappa shape index (κ1) is 16.1. The zero-order valence-corrected chi connectivity index (χ0v) is 14.1. The fourth-order valence-corrected chi connectivity index (χ4v) is 2.88. The van der Waals surface area contributed by atoms with Gasteiger partial charge in [0.15, 0.2) is 0 Å². The number of aryl methyl sites for hydroxylation is 1. The van der Waals surface area contributed by atoms with Crippen LogP contribution < -0.4 is 5.32 Å². The Bertz CT molecular complexity index is 839. The second-order valence-electron chi connectivity index (χ2n) is 5.32. The molecule has 2 heterocycles. The Balaban J connectivity index is 1.55. The van der Waals surface area contributed by atoms with Crippen molar-refractivity contribution >= 4 is 23.3 Å². The van der Waals surface area contributed by atoms with Crippen LogP contribution >= 0.6 is 11.3 Å². The lowest BCUT2D eigenvalue weighted by Crippen LogP contribution is -2.20. The van der Waals surface area contributed by atoms with Gasteiger partial charge >= 0.3 is 0 Å². The number of benzene rings is 1. The third-order valence-electron chi connectivity index (χ3n) is 3.38. The Morgan fingerprint density at radius 3 is 2.79 bits per heavy atom. The Morgan fingerprint density at radius 1 is 1.21 bits per heavy atom. The average Bonchev–Trinajstić information content (AvgIpc) is 3.09. The highest BCUT2D eigenvalue weighted by atomic mass is 32.1. The molecule has 0 atom stereocenters. The van der Waals surface area contributed by atoms with E-state index in [1.807, 2.05) is 54.8 Å². The third kappa shape index (κ3) is 4.36. The summed E-state index contributed by atoms with van der Waals surface area (Å²) in [6.45, 7) is 2.44.